The lowest BCUT2D eigenvalue weighted by molar-refractivity contribution is -0.138. The highest BCUT2D eigenvalue weighted by Crippen LogP contribution is 2.23. The van der Waals surface area contributed by atoms with Gasteiger partial charge in [-0.15, -0.1) is 0 Å². The minimum absolute atomic E-state index is 0.0322. The Morgan fingerprint density at radius 3 is 2.79 bits per heavy atom. The number of amides is 2. The molecule has 0 bridgehead atoms. The SMILES string of the molecule is COc1cncc(O[C@@H]2CCCN(C(=O)[C@@H]3CC(=O)N(C)C3)C2)n1. The van der Waals surface area contributed by atoms with Crippen molar-refractivity contribution in [3.63, 3.8) is 0 Å². The van der Waals surface area contributed by atoms with Crippen LogP contribution in [0, 0.1) is 5.92 Å². The van der Waals surface area contributed by atoms with Gasteiger partial charge in [-0.3, -0.25) is 14.6 Å². The van der Waals surface area contributed by atoms with E-state index in [2.05, 4.69) is 9.97 Å². The molecule has 0 saturated carbocycles. The van der Waals surface area contributed by atoms with Gasteiger partial charge in [0.05, 0.1) is 32.0 Å². The highest BCUT2D eigenvalue weighted by atomic mass is 16.5. The molecule has 0 aromatic carbocycles. The first-order chi connectivity index (χ1) is 11.6. The van der Waals surface area contributed by atoms with Crippen LogP contribution in [0.25, 0.3) is 0 Å². The van der Waals surface area contributed by atoms with E-state index in [0.29, 0.717) is 37.8 Å². The smallest absolute Gasteiger partial charge is 0.235 e. The number of carbonyl (C=O) groups excluding carboxylic acids is 2. The third kappa shape index (κ3) is 3.58. The first kappa shape index (κ1) is 16.5. The van der Waals surface area contributed by atoms with Crippen LogP contribution in [0.1, 0.15) is 19.3 Å². The van der Waals surface area contributed by atoms with Gasteiger partial charge in [0.1, 0.15) is 6.10 Å². The van der Waals surface area contributed by atoms with E-state index in [-0.39, 0.29) is 23.8 Å². The number of rotatable bonds is 4. The standard InChI is InChI=1S/C16H22N4O4/c1-19-9-11(6-15(19)21)16(22)20-5-3-4-12(10-20)24-14-8-17-7-13(18-14)23-2/h7-8,11-12H,3-6,9-10H2,1-2H3/t11-,12-/m1/s1. The molecular formula is C16H22N4O4. The Morgan fingerprint density at radius 1 is 1.29 bits per heavy atom. The number of carbonyl (C=O) groups is 2. The molecule has 2 aliphatic rings. The van der Waals surface area contributed by atoms with Gasteiger partial charge < -0.3 is 19.3 Å². The van der Waals surface area contributed by atoms with E-state index in [1.165, 1.54) is 19.5 Å². The van der Waals surface area contributed by atoms with Crippen molar-refractivity contribution in [3.8, 4) is 11.8 Å². The Labute approximate surface area is 140 Å². The molecule has 1 aromatic rings. The monoisotopic (exact) mass is 334 g/mol. The molecule has 8 nitrogen and oxygen atoms in total. The average Bonchev–Trinajstić information content (AvgIpc) is 2.93. The van der Waals surface area contributed by atoms with E-state index in [9.17, 15) is 9.59 Å². The molecule has 2 fully saturated rings. The zero-order valence-corrected chi connectivity index (χ0v) is 14.0. The summed E-state index contributed by atoms with van der Waals surface area (Å²) in [4.78, 5) is 35.9. The topological polar surface area (TPSA) is 84.9 Å². The number of ether oxygens (including phenoxy) is 2. The van der Waals surface area contributed by atoms with Gasteiger partial charge in [0.25, 0.3) is 0 Å². The van der Waals surface area contributed by atoms with E-state index in [1.54, 1.807) is 16.8 Å². The number of methoxy groups -OCH3 is 1. The summed E-state index contributed by atoms with van der Waals surface area (Å²) < 4.78 is 10.9. The lowest BCUT2D eigenvalue weighted by atomic mass is 10.0. The van der Waals surface area contributed by atoms with E-state index in [1.807, 2.05) is 0 Å². The quantitative estimate of drug-likeness (QED) is 0.789. The second-order valence-electron chi connectivity index (χ2n) is 6.24. The van der Waals surface area contributed by atoms with Crippen molar-refractivity contribution in [2.75, 3.05) is 33.8 Å². The highest BCUT2D eigenvalue weighted by Gasteiger charge is 2.36. The van der Waals surface area contributed by atoms with Crippen LogP contribution in [0.3, 0.4) is 0 Å². The Morgan fingerprint density at radius 2 is 2.08 bits per heavy atom. The third-order valence-electron chi connectivity index (χ3n) is 4.47. The van der Waals surface area contributed by atoms with E-state index in [0.717, 1.165) is 12.8 Å². The zero-order chi connectivity index (χ0) is 17.1. The van der Waals surface area contributed by atoms with Crippen molar-refractivity contribution in [3.05, 3.63) is 12.4 Å². The number of hydrogen-bond donors (Lipinski definition) is 0. The van der Waals surface area contributed by atoms with Crippen LogP contribution in [-0.2, 0) is 9.59 Å². The van der Waals surface area contributed by atoms with E-state index < -0.39 is 0 Å². The molecule has 24 heavy (non-hydrogen) atoms. The summed E-state index contributed by atoms with van der Waals surface area (Å²) >= 11 is 0. The minimum Gasteiger partial charge on any atom is -0.480 e. The maximum absolute atomic E-state index is 12.6. The van der Waals surface area contributed by atoms with Crippen molar-refractivity contribution < 1.29 is 19.1 Å². The minimum atomic E-state index is -0.238. The van der Waals surface area contributed by atoms with Gasteiger partial charge in [-0.2, -0.15) is 4.98 Å². The van der Waals surface area contributed by atoms with E-state index >= 15 is 0 Å². The molecule has 0 spiro atoms. The van der Waals surface area contributed by atoms with Crippen LogP contribution in [0.2, 0.25) is 0 Å². The summed E-state index contributed by atoms with van der Waals surface area (Å²) in [6.07, 6.45) is 4.94. The second-order valence-corrected chi connectivity index (χ2v) is 6.24. The third-order valence-corrected chi connectivity index (χ3v) is 4.47. The van der Waals surface area contributed by atoms with Gasteiger partial charge >= 0.3 is 0 Å². The summed E-state index contributed by atoms with van der Waals surface area (Å²) in [5.41, 5.74) is 0. The van der Waals surface area contributed by atoms with Crippen molar-refractivity contribution in [2.24, 2.45) is 5.92 Å². The summed E-state index contributed by atoms with van der Waals surface area (Å²) in [7, 11) is 3.26. The Bertz CT molecular complexity index is 624. The van der Waals surface area contributed by atoms with Crippen molar-refractivity contribution in [1.82, 2.24) is 19.8 Å². The summed E-state index contributed by atoms with van der Waals surface area (Å²) in [6.45, 7) is 1.71. The summed E-state index contributed by atoms with van der Waals surface area (Å²) in [5.74, 6) is 0.619. The van der Waals surface area contributed by atoms with Gasteiger partial charge in [-0.25, -0.2) is 0 Å². The molecule has 2 atom stereocenters. The number of aromatic nitrogens is 2. The largest absolute Gasteiger partial charge is 0.480 e. The van der Waals surface area contributed by atoms with Crippen LogP contribution in [0.5, 0.6) is 11.8 Å². The Kier molecular flexibility index (Phi) is 4.82. The van der Waals surface area contributed by atoms with Gasteiger partial charge in [0, 0.05) is 26.6 Å². The first-order valence-electron chi connectivity index (χ1n) is 8.12. The highest BCUT2D eigenvalue weighted by molar-refractivity contribution is 5.89. The van der Waals surface area contributed by atoms with Crippen molar-refractivity contribution in [2.45, 2.75) is 25.4 Å². The summed E-state index contributed by atoms with van der Waals surface area (Å²) in [6, 6.07) is 0. The maximum atomic E-state index is 12.6. The molecule has 0 unspecified atom stereocenters. The van der Waals surface area contributed by atoms with Crippen LogP contribution >= 0.6 is 0 Å². The molecule has 3 heterocycles. The number of nitrogens with zero attached hydrogens (tertiary/aromatic N) is 4. The average molecular weight is 334 g/mol. The second kappa shape index (κ2) is 7.02. The molecule has 8 heteroatoms. The molecule has 0 aliphatic carbocycles. The predicted molar refractivity (Wildman–Crippen MR) is 84.6 cm³/mol. The molecule has 2 saturated heterocycles. The first-order valence-corrected chi connectivity index (χ1v) is 8.12. The fraction of sp³-hybridized carbons (Fsp3) is 0.625. The molecule has 130 valence electrons. The van der Waals surface area contributed by atoms with Crippen LogP contribution < -0.4 is 9.47 Å². The number of likely N-dealkylation sites (tertiary alicyclic amines) is 2. The molecule has 1 aromatic heterocycles. The van der Waals surface area contributed by atoms with Gasteiger partial charge in [0.15, 0.2) is 0 Å². The van der Waals surface area contributed by atoms with Gasteiger partial charge in [-0.05, 0) is 12.8 Å². The fourth-order valence-electron chi connectivity index (χ4n) is 3.18. The molecule has 2 aliphatic heterocycles. The molecule has 2 amide bonds. The lowest BCUT2D eigenvalue weighted by Crippen LogP contribution is -2.47. The van der Waals surface area contributed by atoms with Crippen molar-refractivity contribution in [1.29, 1.82) is 0 Å². The Balaban J connectivity index is 1.59. The lowest BCUT2D eigenvalue weighted by Gasteiger charge is -2.34. The van der Waals surface area contributed by atoms with Crippen LogP contribution in [0.15, 0.2) is 12.4 Å². The number of hydrogen-bond acceptors (Lipinski definition) is 6. The maximum Gasteiger partial charge on any atom is 0.235 e. The normalized spacial score (nSPS) is 24.2. The van der Waals surface area contributed by atoms with Gasteiger partial charge in [0.2, 0.25) is 23.6 Å². The Hall–Kier alpha value is -2.38. The van der Waals surface area contributed by atoms with Crippen LogP contribution in [0.4, 0.5) is 0 Å². The van der Waals surface area contributed by atoms with Crippen LogP contribution in [-0.4, -0.2) is 71.5 Å². The zero-order valence-electron chi connectivity index (χ0n) is 14.0. The molecule has 0 N–H and O–H groups in total. The van der Waals surface area contributed by atoms with Crippen molar-refractivity contribution >= 4 is 11.8 Å². The number of piperidine rings is 1. The molecular weight excluding hydrogens is 312 g/mol. The predicted octanol–water partition coefficient (Wildman–Crippen LogP) is 0.333. The molecule has 0 radical (unpaired) electrons. The molecule has 3 rings (SSSR count). The van der Waals surface area contributed by atoms with E-state index in [4.69, 9.17) is 9.47 Å². The summed E-state index contributed by atoms with van der Waals surface area (Å²) in [5, 5.41) is 0. The van der Waals surface area contributed by atoms with Gasteiger partial charge in [-0.1, -0.05) is 0 Å². The fourth-order valence-corrected chi connectivity index (χ4v) is 3.18.